The van der Waals surface area contributed by atoms with Crippen LogP contribution in [-0.2, 0) is 16.4 Å². The Kier molecular flexibility index (Phi) is 5.06. The van der Waals surface area contributed by atoms with Crippen LogP contribution < -0.4 is 11.3 Å². The number of sulfone groups is 1. The molecular formula is C12H21ClN4O2S. The maximum absolute atomic E-state index is 11.5. The zero-order valence-electron chi connectivity index (χ0n) is 11.5. The number of rotatable bonds is 6. The SMILES string of the molecule is CCCn1ncc(Cl)c1C(CC1CCS(=O)(=O)C1)NN. The molecule has 0 aromatic carbocycles. The third-order valence-corrected chi connectivity index (χ3v) is 5.82. The molecule has 0 bridgehead atoms. The first kappa shape index (κ1) is 15.8. The number of aromatic nitrogens is 2. The molecule has 1 aliphatic heterocycles. The lowest BCUT2D eigenvalue weighted by atomic mass is 9.97. The van der Waals surface area contributed by atoms with Crippen molar-refractivity contribution in [1.82, 2.24) is 15.2 Å². The normalized spacial score (nSPS) is 23.1. The summed E-state index contributed by atoms with van der Waals surface area (Å²) in [5.41, 5.74) is 3.61. The molecule has 0 spiro atoms. The topological polar surface area (TPSA) is 90.0 Å². The van der Waals surface area contributed by atoms with Crippen molar-refractivity contribution in [3.63, 3.8) is 0 Å². The summed E-state index contributed by atoms with van der Waals surface area (Å²) in [6.45, 7) is 2.83. The van der Waals surface area contributed by atoms with Crippen LogP contribution in [0.2, 0.25) is 5.02 Å². The standard InChI is InChI=1S/C12H21ClN4O2S/c1-2-4-17-12(10(13)7-15-17)11(16-14)6-9-3-5-20(18,19)8-9/h7,9,11,16H,2-6,8,14H2,1H3. The monoisotopic (exact) mass is 320 g/mol. The fourth-order valence-corrected chi connectivity index (χ4v) is 4.91. The van der Waals surface area contributed by atoms with E-state index in [4.69, 9.17) is 17.4 Å². The summed E-state index contributed by atoms with van der Waals surface area (Å²) in [5.74, 6) is 6.29. The van der Waals surface area contributed by atoms with Crippen LogP contribution in [0.5, 0.6) is 0 Å². The van der Waals surface area contributed by atoms with Gasteiger partial charge in [-0.1, -0.05) is 18.5 Å². The first-order valence-electron chi connectivity index (χ1n) is 6.84. The van der Waals surface area contributed by atoms with Crippen molar-refractivity contribution >= 4 is 21.4 Å². The number of nitrogens with two attached hydrogens (primary N) is 1. The molecular weight excluding hydrogens is 300 g/mol. The first-order valence-corrected chi connectivity index (χ1v) is 9.04. The van der Waals surface area contributed by atoms with Crippen LogP contribution in [0, 0.1) is 5.92 Å². The van der Waals surface area contributed by atoms with Crippen molar-refractivity contribution in [3.8, 4) is 0 Å². The van der Waals surface area contributed by atoms with Gasteiger partial charge in [-0.05, 0) is 25.2 Å². The van der Waals surface area contributed by atoms with Gasteiger partial charge in [0.15, 0.2) is 9.84 Å². The Hall–Kier alpha value is -0.630. The minimum Gasteiger partial charge on any atom is -0.271 e. The molecule has 1 saturated heterocycles. The van der Waals surface area contributed by atoms with E-state index in [-0.39, 0.29) is 23.5 Å². The van der Waals surface area contributed by atoms with Crippen molar-refractivity contribution in [3.05, 3.63) is 16.9 Å². The molecule has 1 aromatic heterocycles. The summed E-state index contributed by atoms with van der Waals surface area (Å²) >= 11 is 6.20. The molecule has 3 N–H and O–H groups in total. The molecule has 8 heteroatoms. The van der Waals surface area contributed by atoms with E-state index in [9.17, 15) is 8.42 Å². The lowest BCUT2D eigenvalue weighted by Crippen LogP contribution is -2.32. The maximum atomic E-state index is 11.5. The molecule has 2 heterocycles. The fraction of sp³-hybridized carbons (Fsp3) is 0.750. The van der Waals surface area contributed by atoms with Gasteiger partial charge < -0.3 is 0 Å². The largest absolute Gasteiger partial charge is 0.271 e. The van der Waals surface area contributed by atoms with E-state index in [2.05, 4.69) is 17.4 Å². The average Bonchev–Trinajstić information content (AvgIpc) is 2.91. The Morgan fingerprint density at radius 3 is 2.95 bits per heavy atom. The van der Waals surface area contributed by atoms with Crippen LogP contribution >= 0.6 is 11.6 Å². The zero-order chi connectivity index (χ0) is 14.8. The summed E-state index contributed by atoms with van der Waals surface area (Å²) in [4.78, 5) is 0. The van der Waals surface area contributed by atoms with E-state index in [0.717, 1.165) is 18.7 Å². The van der Waals surface area contributed by atoms with Crippen LogP contribution in [0.1, 0.15) is 37.9 Å². The number of hydrazine groups is 1. The molecule has 2 atom stereocenters. The molecule has 0 aliphatic carbocycles. The molecule has 2 unspecified atom stereocenters. The van der Waals surface area contributed by atoms with Crippen molar-refractivity contribution in [2.45, 2.75) is 38.8 Å². The van der Waals surface area contributed by atoms with Crippen LogP contribution in [-0.4, -0.2) is 29.7 Å². The Morgan fingerprint density at radius 2 is 2.40 bits per heavy atom. The predicted octanol–water partition coefficient (Wildman–Crippen LogP) is 1.28. The van der Waals surface area contributed by atoms with E-state index in [1.165, 1.54) is 0 Å². The van der Waals surface area contributed by atoms with Gasteiger partial charge in [-0.25, -0.2) is 8.42 Å². The van der Waals surface area contributed by atoms with Crippen LogP contribution in [0.25, 0.3) is 0 Å². The summed E-state index contributed by atoms with van der Waals surface area (Å²) in [5, 5.41) is 4.82. The Bertz CT molecular complexity index is 558. The Morgan fingerprint density at radius 1 is 1.65 bits per heavy atom. The Balaban J connectivity index is 2.14. The van der Waals surface area contributed by atoms with E-state index < -0.39 is 9.84 Å². The molecule has 0 radical (unpaired) electrons. The maximum Gasteiger partial charge on any atom is 0.150 e. The number of nitrogens with one attached hydrogen (secondary N) is 1. The third-order valence-electron chi connectivity index (χ3n) is 3.70. The van der Waals surface area contributed by atoms with Gasteiger partial charge in [0, 0.05) is 6.54 Å². The number of hydrogen-bond donors (Lipinski definition) is 2. The molecule has 6 nitrogen and oxygen atoms in total. The molecule has 2 rings (SSSR count). The molecule has 1 fully saturated rings. The van der Waals surface area contributed by atoms with E-state index >= 15 is 0 Å². The van der Waals surface area contributed by atoms with Gasteiger partial charge in [-0.3, -0.25) is 16.0 Å². The van der Waals surface area contributed by atoms with E-state index in [1.807, 2.05) is 4.68 Å². The molecule has 1 aliphatic rings. The van der Waals surface area contributed by atoms with Gasteiger partial charge in [0.1, 0.15) is 0 Å². The molecule has 114 valence electrons. The van der Waals surface area contributed by atoms with Crippen LogP contribution in [0.3, 0.4) is 0 Å². The van der Waals surface area contributed by atoms with Gasteiger partial charge >= 0.3 is 0 Å². The van der Waals surface area contributed by atoms with Crippen molar-refractivity contribution in [1.29, 1.82) is 0 Å². The van der Waals surface area contributed by atoms with E-state index in [0.29, 0.717) is 17.9 Å². The number of nitrogens with zero attached hydrogens (tertiary/aromatic N) is 2. The van der Waals surface area contributed by atoms with Gasteiger partial charge in [-0.15, -0.1) is 0 Å². The van der Waals surface area contributed by atoms with Crippen molar-refractivity contribution < 1.29 is 8.42 Å². The number of halogens is 1. The summed E-state index contributed by atoms with van der Waals surface area (Å²) in [6.07, 6.45) is 3.91. The highest BCUT2D eigenvalue weighted by atomic mass is 35.5. The molecule has 0 saturated carbocycles. The predicted molar refractivity (Wildman–Crippen MR) is 79.0 cm³/mol. The lowest BCUT2D eigenvalue weighted by molar-refractivity contribution is 0.394. The molecule has 1 aromatic rings. The lowest BCUT2D eigenvalue weighted by Gasteiger charge is -2.21. The van der Waals surface area contributed by atoms with Crippen LogP contribution in [0.15, 0.2) is 6.20 Å². The second-order valence-corrected chi connectivity index (χ2v) is 7.96. The fourth-order valence-electron chi connectivity index (χ4n) is 2.76. The van der Waals surface area contributed by atoms with Gasteiger partial charge in [0.05, 0.1) is 34.5 Å². The van der Waals surface area contributed by atoms with E-state index in [1.54, 1.807) is 6.20 Å². The third kappa shape index (κ3) is 3.52. The van der Waals surface area contributed by atoms with Gasteiger partial charge in [0.2, 0.25) is 0 Å². The highest BCUT2D eigenvalue weighted by molar-refractivity contribution is 7.91. The van der Waals surface area contributed by atoms with Crippen molar-refractivity contribution in [2.24, 2.45) is 11.8 Å². The summed E-state index contributed by atoms with van der Waals surface area (Å²) in [7, 11) is -2.87. The minimum atomic E-state index is -2.87. The second-order valence-electron chi connectivity index (χ2n) is 5.32. The van der Waals surface area contributed by atoms with Gasteiger partial charge in [0.25, 0.3) is 0 Å². The van der Waals surface area contributed by atoms with Crippen LogP contribution in [0.4, 0.5) is 0 Å². The summed E-state index contributed by atoms with van der Waals surface area (Å²) in [6, 6.07) is -0.171. The molecule has 20 heavy (non-hydrogen) atoms. The van der Waals surface area contributed by atoms with Crippen molar-refractivity contribution in [2.75, 3.05) is 11.5 Å². The zero-order valence-corrected chi connectivity index (χ0v) is 13.1. The molecule has 0 amide bonds. The second kappa shape index (κ2) is 6.43. The quantitative estimate of drug-likeness (QED) is 0.608. The number of hydrogen-bond acceptors (Lipinski definition) is 5. The number of aryl methyl sites for hydroxylation is 1. The highest BCUT2D eigenvalue weighted by Gasteiger charge is 2.31. The first-order chi connectivity index (χ1) is 9.46. The smallest absolute Gasteiger partial charge is 0.150 e. The highest BCUT2D eigenvalue weighted by Crippen LogP contribution is 2.31. The summed E-state index contributed by atoms with van der Waals surface area (Å²) < 4.78 is 24.9. The van der Waals surface area contributed by atoms with Gasteiger partial charge in [-0.2, -0.15) is 5.10 Å². The minimum absolute atomic E-state index is 0.127. The average molecular weight is 321 g/mol. The Labute approximate surface area is 124 Å².